The highest BCUT2D eigenvalue weighted by Gasteiger charge is 2.23. The maximum Gasteiger partial charge on any atom is 0.342 e. The van der Waals surface area contributed by atoms with Crippen LogP contribution in [0.25, 0.3) is 0 Å². The fourth-order valence-electron chi connectivity index (χ4n) is 1.50. The molecule has 1 heterocycles. The highest BCUT2D eigenvalue weighted by molar-refractivity contribution is 7.98. The van der Waals surface area contributed by atoms with E-state index in [1.54, 1.807) is 6.92 Å². The maximum absolute atomic E-state index is 11.0. The van der Waals surface area contributed by atoms with Crippen molar-refractivity contribution in [1.29, 1.82) is 0 Å². The molecule has 0 aliphatic heterocycles. The van der Waals surface area contributed by atoms with Crippen LogP contribution in [0.2, 0.25) is 0 Å². The molecule has 0 amide bonds. The summed E-state index contributed by atoms with van der Waals surface area (Å²) >= 11 is 1.46. The molecule has 1 unspecified atom stereocenters. The van der Waals surface area contributed by atoms with E-state index in [1.165, 1.54) is 11.8 Å². The molecule has 0 saturated heterocycles. The van der Waals surface area contributed by atoms with Crippen LogP contribution in [0.15, 0.2) is 12.3 Å². The van der Waals surface area contributed by atoms with Gasteiger partial charge in [-0.05, 0) is 13.2 Å². The zero-order valence-electron chi connectivity index (χ0n) is 11.0. The minimum atomic E-state index is -1.40. The summed E-state index contributed by atoms with van der Waals surface area (Å²) in [6.07, 6.45) is 2.73. The van der Waals surface area contributed by atoms with Crippen molar-refractivity contribution in [1.82, 2.24) is 4.98 Å². The number of anilines is 1. The first-order chi connectivity index (χ1) is 9.26. The summed E-state index contributed by atoms with van der Waals surface area (Å²) in [5, 5.41) is 32.3. The fraction of sp³-hybridized carbons (Fsp3) is 0.455. The highest BCUT2D eigenvalue weighted by atomic mass is 32.2. The van der Waals surface area contributed by atoms with E-state index in [0.29, 0.717) is 5.75 Å². The van der Waals surface area contributed by atoms with Crippen LogP contribution >= 0.6 is 11.8 Å². The van der Waals surface area contributed by atoms with Crippen LogP contribution in [0.5, 0.6) is 0 Å². The monoisotopic (exact) mass is 301 g/mol. The van der Waals surface area contributed by atoms with Crippen LogP contribution in [0.1, 0.15) is 17.3 Å². The Morgan fingerprint density at radius 2 is 2.30 bits per heavy atom. The van der Waals surface area contributed by atoms with Gasteiger partial charge in [0.2, 0.25) is 0 Å². The molecule has 0 saturated carbocycles. The standard InChI is InChI=1S/C11H15N3O5S/c1-11(17,6-20-2)5-13-9-3-7(10(15)16)8(4-12-9)14(18)19/h3-4,17H,5-6H2,1-2H3,(H,12,13)(H,15,16). The third-order valence-corrected chi connectivity index (χ3v) is 3.33. The lowest BCUT2D eigenvalue weighted by molar-refractivity contribution is -0.385. The zero-order valence-corrected chi connectivity index (χ0v) is 11.8. The largest absolute Gasteiger partial charge is 0.477 e. The molecule has 0 aliphatic carbocycles. The predicted molar refractivity (Wildman–Crippen MR) is 75.3 cm³/mol. The third kappa shape index (κ3) is 4.35. The van der Waals surface area contributed by atoms with Gasteiger partial charge in [-0.3, -0.25) is 10.1 Å². The van der Waals surface area contributed by atoms with Gasteiger partial charge in [-0.1, -0.05) is 0 Å². The summed E-state index contributed by atoms with van der Waals surface area (Å²) in [7, 11) is 0. The van der Waals surface area contributed by atoms with Gasteiger partial charge in [-0.15, -0.1) is 0 Å². The van der Waals surface area contributed by atoms with Crippen molar-refractivity contribution < 1.29 is 19.9 Å². The molecule has 3 N–H and O–H groups in total. The number of carboxylic acids is 1. The van der Waals surface area contributed by atoms with Gasteiger partial charge in [0.05, 0.1) is 10.5 Å². The Morgan fingerprint density at radius 1 is 1.65 bits per heavy atom. The summed E-state index contributed by atoms with van der Waals surface area (Å²) in [6.45, 7) is 1.78. The van der Waals surface area contributed by atoms with E-state index >= 15 is 0 Å². The molecule has 0 radical (unpaired) electrons. The average molecular weight is 301 g/mol. The van der Waals surface area contributed by atoms with Crippen molar-refractivity contribution in [3.63, 3.8) is 0 Å². The van der Waals surface area contributed by atoms with Crippen LogP contribution in [0, 0.1) is 10.1 Å². The second-order valence-electron chi connectivity index (χ2n) is 4.43. The van der Waals surface area contributed by atoms with Gasteiger partial charge < -0.3 is 15.5 Å². The van der Waals surface area contributed by atoms with Crippen molar-refractivity contribution >= 4 is 29.2 Å². The molecule has 110 valence electrons. The predicted octanol–water partition coefficient (Wildman–Crippen LogP) is 1.21. The minimum Gasteiger partial charge on any atom is -0.477 e. The molecule has 1 aromatic heterocycles. The van der Waals surface area contributed by atoms with Gasteiger partial charge >= 0.3 is 11.7 Å². The molecule has 8 nitrogen and oxygen atoms in total. The Labute approximate surface area is 119 Å². The van der Waals surface area contributed by atoms with Crippen molar-refractivity contribution in [3.8, 4) is 0 Å². The third-order valence-electron chi connectivity index (χ3n) is 2.42. The topological polar surface area (TPSA) is 126 Å². The van der Waals surface area contributed by atoms with Gasteiger partial charge in [0.25, 0.3) is 0 Å². The zero-order chi connectivity index (χ0) is 15.3. The molecule has 1 aromatic rings. The molecule has 1 atom stereocenters. The Morgan fingerprint density at radius 3 is 2.80 bits per heavy atom. The number of hydrogen-bond donors (Lipinski definition) is 3. The molecule has 0 bridgehead atoms. The fourth-order valence-corrected chi connectivity index (χ4v) is 2.23. The number of carbonyl (C=O) groups is 1. The van der Waals surface area contributed by atoms with Crippen LogP contribution in [0.4, 0.5) is 11.5 Å². The number of thioether (sulfide) groups is 1. The molecule has 0 fully saturated rings. The number of nitro groups is 1. The van der Waals surface area contributed by atoms with Crippen LogP contribution in [0.3, 0.4) is 0 Å². The Kier molecular flexibility index (Phi) is 5.28. The lowest BCUT2D eigenvalue weighted by atomic mass is 10.1. The number of hydrogen-bond acceptors (Lipinski definition) is 7. The van der Waals surface area contributed by atoms with Crippen molar-refractivity contribution in [2.45, 2.75) is 12.5 Å². The Bertz CT molecular complexity index is 521. The molecule has 20 heavy (non-hydrogen) atoms. The number of aromatic nitrogens is 1. The Balaban J connectivity index is 2.91. The number of nitrogens with zero attached hydrogens (tertiary/aromatic N) is 2. The number of rotatable bonds is 7. The number of aromatic carboxylic acids is 1. The van der Waals surface area contributed by atoms with Gasteiger partial charge in [-0.25, -0.2) is 9.78 Å². The molecule has 0 aliphatic rings. The smallest absolute Gasteiger partial charge is 0.342 e. The number of carboxylic acid groups (broad SMARTS) is 1. The van der Waals surface area contributed by atoms with Gasteiger partial charge in [0, 0.05) is 18.4 Å². The van der Waals surface area contributed by atoms with E-state index in [0.717, 1.165) is 12.3 Å². The minimum absolute atomic E-state index is 0.151. The second kappa shape index (κ2) is 6.53. The van der Waals surface area contributed by atoms with Crippen LogP contribution in [-0.4, -0.2) is 50.2 Å². The second-order valence-corrected chi connectivity index (χ2v) is 5.30. The number of aliphatic hydroxyl groups is 1. The quantitative estimate of drug-likeness (QED) is 0.507. The first kappa shape index (κ1) is 16.2. The van der Waals surface area contributed by atoms with E-state index < -0.39 is 27.7 Å². The molecule has 9 heteroatoms. The van der Waals surface area contributed by atoms with Gasteiger partial charge in [0.1, 0.15) is 17.6 Å². The first-order valence-electron chi connectivity index (χ1n) is 5.60. The average Bonchev–Trinajstić information content (AvgIpc) is 2.35. The SMILES string of the molecule is CSCC(C)(O)CNc1cc(C(=O)O)c([N+](=O)[O-])cn1. The molecular weight excluding hydrogens is 286 g/mol. The summed E-state index contributed by atoms with van der Waals surface area (Å²) in [6, 6.07) is 1.08. The van der Waals surface area contributed by atoms with Gasteiger partial charge in [0.15, 0.2) is 0 Å². The maximum atomic E-state index is 11.0. The van der Waals surface area contributed by atoms with E-state index in [2.05, 4.69) is 10.3 Å². The molecular formula is C11H15N3O5S. The molecule has 1 rings (SSSR count). The summed E-state index contributed by atoms with van der Waals surface area (Å²) in [4.78, 5) is 24.6. The normalized spacial score (nSPS) is 13.6. The van der Waals surface area contributed by atoms with Crippen molar-refractivity contribution in [2.24, 2.45) is 0 Å². The first-order valence-corrected chi connectivity index (χ1v) is 6.99. The molecule has 0 aromatic carbocycles. The summed E-state index contributed by atoms with van der Waals surface area (Å²) in [5.74, 6) is -0.758. The highest BCUT2D eigenvalue weighted by Crippen LogP contribution is 2.21. The van der Waals surface area contributed by atoms with Crippen molar-refractivity contribution in [3.05, 3.63) is 27.9 Å². The lowest BCUT2D eigenvalue weighted by Gasteiger charge is -2.22. The van der Waals surface area contributed by atoms with E-state index in [-0.39, 0.29) is 12.4 Å². The summed E-state index contributed by atoms with van der Waals surface area (Å²) in [5.41, 5.74) is -2.01. The van der Waals surface area contributed by atoms with Crippen LogP contribution < -0.4 is 5.32 Å². The number of nitrogens with one attached hydrogen (secondary N) is 1. The lowest BCUT2D eigenvalue weighted by Crippen LogP contribution is -2.36. The summed E-state index contributed by atoms with van der Waals surface area (Å²) < 4.78 is 0. The number of pyridine rings is 1. The van der Waals surface area contributed by atoms with E-state index in [9.17, 15) is 20.0 Å². The van der Waals surface area contributed by atoms with Crippen molar-refractivity contribution in [2.75, 3.05) is 23.9 Å². The van der Waals surface area contributed by atoms with E-state index in [4.69, 9.17) is 5.11 Å². The van der Waals surface area contributed by atoms with Gasteiger partial charge in [-0.2, -0.15) is 11.8 Å². The van der Waals surface area contributed by atoms with Crippen LogP contribution in [-0.2, 0) is 0 Å². The van der Waals surface area contributed by atoms with E-state index in [1.807, 2.05) is 6.26 Å². The Hall–Kier alpha value is -1.87. The molecule has 0 spiro atoms.